The van der Waals surface area contributed by atoms with E-state index in [2.05, 4.69) is 37.2 Å². The van der Waals surface area contributed by atoms with Crippen LogP contribution in [0.2, 0.25) is 0 Å². The van der Waals surface area contributed by atoms with Gasteiger partial charge in [0.1, 0.15) is 11.6 Å². The van der Waals surface area contributed by atoms with Gasteiger partial charge < -0.3 is 9.73 Å². The van der Waals surface area contributed by atoms with Gasteiger partial charge in [0.05, 0.1) is 11.0 Å². The zero-order chi connectivity index (χ0) is 14.0. The second-order valence-electron chi connectivity index (χ2n) is 4.45. The summed E-state index contributed by atoms with van der Waals surface area (Å²) in [5.74, 6) is 0.646. The highest BCUT2D eigenvalue weighted by Gasteiger charge is 2.10. The normalized spacial score (nSPS) is 12.7. The van der Waals surface area contributed by atoms with Crippen molar-refractivity contribution >= 4 is 31.9 Å². The summed E-state index contributed by atoms with van der Waals surface area (Å²) < 4.78 is 20.5. The summed E-state index contributed by atoms with van der Waals surface area (Å²) in [4.78, 5) is 0. The lowest BCUT2D eigenvalue weighted by molar-refractivity contribution is 0.445. The zero-order valence-corrected chi connectivity index (χ0v) is 13.8. The summed E-state index contributed by atoms with van der Waals surface area (Å²) in [6, 6.07) is 7.26. The van der Waals surface area contributed by atoms with Gasteiger partial charge in [0.15, 0.2) is 4.67 Å². The van der Waals surface area contributed by atoms with Gasteiger partial charge in [0.25, 0.3) is 0 Å². The Balaban J connectivity index is 2.00. The number of halogens is 3. The lowest BCUT2D eigenvalue weighted by Crippen LogP contribution is -2.17. The van der Waals surface area contributed by atoms with E-state index >= 15 is 0 Å². The Morgan fingerprint density at radius 1 is 1.32 bits per heavy atom. The van der Waals surface area contributed by atoms with Crippen LogP contribution < -0.4 is 5.32 Å². The molecule has 1 N–H and O–H groups in total. The largest absolute Gasteiger partial charge is 0.452 e. The minimum absolute atomic E-state index is 0.0535. The Morgan fingerprint density at radius 2 is 2.05 bits per heavy atom. The summed E-state index contributed by atoms with van der Waals surface area (Å²) >= 11 is 6.66. The maximum absolute atomic E-state index is 13.5. The van der Waals surface area contributed by atoms with E-state index in [0.29, 0.717) is 16.8 Å². The Labute approximate surface area is 128 Å². The Kier molecular flexibility index (Phi) is 4.81. The van der Waals surface area contributed by atoms with Crippen LogP contribution in [0.1, 0.15) is 29.9 Å². The second-order valence-corrected chi connectivity index (χ2v) is 6.02. The molecular formula is C14H14Br2FNO. The van der Waals surface area contributed by atoms with Crippen molar-refractivity contribution in [2.45, 2.75) is 26.4 Å². The van der Waals surface area contributed by atoms with E-state index in [1.165, 1.54) is 0 Å². The van der Waals surface area contributed by atoms with Crippen molar-refractivity contribution in [2.24, 2.45) is 0 Å². The van der Waals surface area contributed by atoms with Gasteiger partial charge in [-0.25, -0.2) is 4.39 Å². The number of rotatable bonds is 4. The standard InChI is InChI=1S/C14H14Br2FNO/c1-8-3-4-10(5-13(8)17)9(2)18-7-11-6-12(15)14(16)19-11/h3-6,9,18H,7H2,1-2H3. The topological polar surface area (TPSA) is 25.2 Å². The first-order valence-corrected chi connectivity index (χ1v) is 7.49. The predicted octanol–water partition coefficient (Wildman–Crippen LogP) is 5.10. The zero-order valence-electron chi connectivity index (χ0n) is 10.6. The number of benzene rings is 1. The molecule has 1 heterocycles. The molecule has 1 atom stereocenters. The van der Waals surface area contributed by atoms with Crippen LogP contribution >= 0.6 is 31.9 Å². The van der Waals surface area contributed by atoms with E-state index in [-0.39, 0.29) is 11.9 Å². The van der Waals surface area contributed by atoms with Gasteiger partial charge in [-0.15, -0.1) is 0 Å². The third kappa shape index (κ3) is 3.68. The van der Waals surface area contributed by atoms with Crippen molar-refractivity contribution in [1.29, 1.82) is 0 Å². The van der Waals surface area contributed by atoms with Crippen LogP contribution in [0.4, 0.5) is 4.39 Å². The molecule has 1 aromatic heterocycles. The van der Waals surface area contributed by atoms with Gasteiger partial charge in [-0.2, -0.15) is 0 Å². The fraction of sp³-hybridized carbons (Fsp3) is 0.286. The van der Waals surface area contributed by atoms with E-state index in [0.717, 1.165) is 15.8 Å². The maximum Gasteiger partial charge on any atom is 0.183 e. The molecule has 0 radical (unpaired) electrons. The molecule has 2 nitrogen and oxygen atoms in total. The van der Waals surface area contributed by atoms with Crippen molar-refractivity contribution in [3.8, 4) is 0 Å². The van der Waals surface area contributed by atoms with E-state index in [4.69, 9.17) is 4.42 Å². The number of aryl methyl sites for hydroxylation is 1. The van der Waals surface area contributed by atoms with Crippen molar-refractivity contribution in [3.63, 3.8) is 0 Å². The highest BCUT2D eigenvalue weighted by Crippen LogP contribution is 2.27. The van der Waals surface area contributed by atoms with Crippen LogP contribution in [-0.2, 0) is 6.54 Å². The van der Waals surface area contributed by atoms with Crippen LogP contribution in [0.25, 0.3) is 0 Å². The molecule has 0 aliphatic heterocycles. The molecule has 0 amide bonds. The average Bonchev–Trinajstić information content (AvgIpc) is 2.69. The first-order valence-electron chi connectivity index (χ1n) is 5.90. The fourth-order valence-electron chi connectivity index (χ4n) is 1.73. The quantitative estimate of drug-likeness (QED) is 0.785. The van der Waals surface area contributed by atoms with E-state index in [1.54, 1.807) is 19.1 Å². The van der Waals surface area contributed by atoms with Crippen molar-refractivity contribution in [2.75, 3.05) is 0 Å². The molecule has 2 aromatic rings. The van der Waals surface area contributed by atoms with Crippen molar-refractivity contribution in [1.82, 2.24) is 5.32 Å². The summed E-state index contributed by atoms with van der Waals surface area (Å²) in [5, 5.41) is 3.30. The summed E-state index contributed by atoms with van der Waals surface area (Å²) in [6.07, 6.45) is 0. The van der Waals surface area contributed by atoms with Gasteiger partial charge in [-0.1, -0.05) is 12.1 Å². The SMILES string of the molecule is Cc1ccc(C(C)NCc2cc(Br)c(Br)o2)cc1F. The molecule has 0 aliphatic rings. The molecule has 0 saturated heterocycles. The van der Waals surface area contributed by atoms with Crippen molar-refractivity contribution < 1.29 is 8.81 Å². The maximum atomic E-state index is 13.5. The van der Waals surface area contributed by atoms with Crippen LogP contribution in [0.15, 0.2) is 37.8 Å². The van der Waals surface area contributed by atoms with Gasteiger partial charge in [-0.05, 0) is 69.0 Å². The number of hydrogen-bond donors (Lipinski definition) is 1. The summed E-state index contributed by atoms with van der Waals surface area (Å²) in [7, 11) is 0. The predicted molar refractivity (Wildman–Crippen MR) is 80.5 cm³/mol. The van der Waals surface area contributed by atoms with Crippen LogP contribution in [-0.4, -0.2) is 0 Å². The van der Waals surface area contributed by atoms with Gasteiger partial charge in [0, 0.05) is 6.04 Å². The Bertz CT molecular complexity index is 563. The molecule has 1 aromatic carbocycles. The molecule has 0 fully saturated rings. The average molecular weight is 391 g/mol. The Morgan fingerprint density at radius 3 is 2.63 bits per heavy atom. The highest BCUT2D eigenvalue weighted by molar-refractivity contribution is 9.13. The third-order valence-electron chi connectivity index (χ3n) is 2.97. The number of furan rings is 1. The third-order valence-corrected chi connectivity index (χ3v) is 4.68. The summed E-state index contributed by atoms with van der Waals surface area (Å²) in [5.41, 5.74) is 1.59. The molecule has 5 heteroatoms. The van der Waals surface area contributed by atoms with Crippen molar-refractivity contribution in [3.05, 3.63) is 56.1 Å². The monoisotopic (exact) mass is 389 g/mol. The fourth-order valence-corrected chi connectivity index (χ4v) is 2.39. The van der Waals surface area contributed by atoms with Gasteiger partial charge in [-0.3, -0.25) is 0 Å². The second kappa shape index (κ2) is 6.20. The van der Waals surface area contributed by atoms with Gasteiger partial charge >= 0.3 is 0 Å². The lowest BCUT2D eigenvalue weighted by Gasteiger charge is -2.13. The first-order chi connectivity index (χ1) is 8.97. The molecule has 0 saturated carbocycles. The first kappa shape index (κ1) is 14.8. The highest BCUT2D eigenvalue weighted by atomic mass is 79.9. The van der Waals surface area contributed by atoms with Crippen LogP contribution in [0, 0.1) is 12.7 Å². The van der Waals surface area contributed by atoms with E-state index in [9.17, 15) is 4.39 Å². The molecule has 0 aliphatic carbocycles. The van der Waals surface area contributed by atoms with E-state index < -0.39 is 0 Å². The summed E-state index contributed by atoms with van der Waals surface area (Å²) in [6.45, 7) is 4.34. The van der Waals surface area contributed by atoms with Crippen LogP contribution in [0.3, 0.4) is 0 Å². The molecule has 0 spiro atoms. The Hall–Kier alpha value is -0.650. The minimum atomic E-state index is -0.172. The molecule has 1 unspecified atom stereocenters. The molecular weight excluding hydrogens is 377 g/mol. The van der Waals surface area contributed by atoms with E-state index in [1.807, 2.05) is 19.1 Å². The van der Waals surface area contributed by atoms with Crippen LogP contribution in [0.5, 0.6) is 0 Å². The molecule has 0 bridgehead atoms. The lowest BCUT2D eigenvalue weighted by atomic mass is 10.1. The smallest absolute Gasteiger partial charge is 0.183 e. The number of hydrogen-bond acceptors (Lipinski definition) is 2. The molecule has 2 rings (SSSR count). The molecule has 19 heavy (non-hydrogen) atoms. The van der Waals surface area contributed by atoms with Gasteiger partial charge in [0.2, 0.25) is 0 Å². The minimum Gasteiger partial charge on any atom is -0.452 e. The number of nitrogens with one attached hydrogen (secondary N) is 1. The molecule has 102 valence electrons.